The molecule has 3 rings (SSSR count). The number of nitrogens with zero attached hydrogens (tertiary/aromatic N) is 2. The van der Waals surface area contributed by atoms with Crippen LogP contribution in [0.25, 0.3) is 0 Å². The summed E-state index contributed by atoms with van der Waals surface area (Å²) in [5.74, 6) is 0.892. The Hall–Kier alpha value is -2.30. The van der Waals surface area contributed by atoms with Crippen LogP contribution in [0.15, 0.2) is 51.0 Å². The first-order chi connectivity index (χ1) is 15.0. The first-order valence-electron chi connectivity index (χ1n) is 9.34. The summed E-state index contributed by atoms with van der Waals surface area (Å²) in [4.78, 5) is 28.6. The van der Waals surface area contributed by atoms with Gasteiger partial charge in [0, 0.05) is 27.2 Å². The number of aryl methyl sites for hydroxylation is 1. The largest absolute Gasteiger partial charge is 0.496 e. The van der Waals surface area contributed by atoms with Gasteiger partial charge in [0.05, 0.1) is 19.9 Å². The highest BCUT2D eigenvalue weighted by Crippen LogP contribution is 2.29. The Bertz CT molecular complexity index is 1040. The Morgan fingerprint density at radius 3 is 2.84 bits per heavy atom. The molecule has 10 heteroatoms. The van der Waals surface area contributed by atoms with Crippen LogP contribution in [-0.4, -0.2) is 41.8 Å². The van der Waals surface area contributed by atoms with Crippen molar-refractivity contribution in [1.82, 2.24) is 5.43 Å². The number of ether oxygens (including phenoxy) is 1. The monoisotopic (exact) mass is 520 g/mol. The van der Waals surface area contributed by atoms with Crippen LogP contribution >= 0.6 is 39.5 Å². The molecule has 0 aliphatic carbocycles. The lowest BCUT2D eigenvalue weighted by atomic mass is 10.1. The van der Waals surface area contributed by atoms with Crippen LogP contribution in [0.5, 0.6) is 5.75 Å². The van der Waals surface area contributed by atoms with Gasteiger partial charge in [0.15, 0.2) is 0 Å². The minimum absolute atomic E-state index is 0.564. The van der Waals surface area contributed by atoms with Crippen molar-refractivity contribution in [2.24, 2.45) is 10.1 Å². The topological polar surface area (TPSA) is 92.1 Å². The minimum Gasteiger partial charge on any atom is -0.496 e. The van der Waals surface area contributed by atoms with Crippen LogP contribution in [0.4, 0.5) is 5.69 Å². The van der Waals surface area contributed by atoms with Gasteiger partial charge in [-0.15, -0.1) is 0 Å². The second-order valence-electron chi connectivity index (χ2n) is 6.47. The molecule has 2 aromatic rings. The molecule has 0 saturated carbocycles. The smallest absolute Gasteiger partial charge is 0.329 e. The molecule has 1 aliphatic rings. The fourth-order valence-corrected chi connectivity index (χ4v) is 5.16. The fraction of sp³-hybridized carbons (Fsp3) is 0.238. The average Bonchev–Trinajstić information content (AvgIpc) is 3.28. The average molecular weight is 521 g/mol. The zero-order valence-electron chi connectivity index (χ0n) is 17.0. The molecule has 0 fully saturated rings. The van der Waals surface area contributed by atoms with E-state index < -0.39 is 11.8 Å². The van der Waals surface area contributed by atoms with Gasteiger partial charge in [-0.1, -0.05) is 39.5 Å². The van der Waals surface area contributed by atoms with Crippen LogP contribution in [-0.2, 0) is 15.3 Å². The number of hydrazone groups is 1. The van der Waals surface area contributed by atoms with Crippen LogP contribution in [0.3, 0.4) is 0 Å². The summed E-state index contributed by atoms with van der Waals surface area (Å²) in [6.07, 6.45) is 1.49. The van der Waals surface area contributed by atoms with Gasteiger partial charge in [-0.05, 0) is 54.4 Å². The maximum atomic E-state index is 12.1. The van der Waals surface area contributed by atoms with Crippen molar-refractivity contribution in [2.75, 3.05) is 24.7 Å². The Balaban J connectivity index is 1.58. The number of thioether (sulfide) groups is 2. The second-order valence-corrected chi connectivity index (χ2v) is 9.69. The third-order valence-corrected chi connectivity index (χ3v) is 7.03. The van der Waals surface area contributed by atoms with Crippen molar-refractivity contribution in [3.8, 4) is 5.75 Å². The van der Waals surface area contributed by atoms with E-state index in [-0.39, 0.29) is 0 Å². The Morgan fingerprint density at radius 1 is 1.29 bits per heavy atom. The molecule has 0 unspecified atom stereocenters. The van der Waals surface area contributed by atoms with Crippen LogP contribution in [0, 0.1) is 6.92 Å². The van der Waals surface area contributed by atoms with Gasteiger partial charge in [-0.2, -0.15) is 5.10 Å². The van der Waals surface area contributed by atoms with Gasteiger partial charge in [0.25, 0.3) is 0 Å². The SMILES string of the molecule is COc1ccc(/C=N/NC(=O)C(=O)Nc2ccc(Br)cc2C)cc1CSC1=NCCS1. The van der Waals surface area contributed by atoms with E-state index in [0.29, 0.717) is 5.69 Å². The van der Waals surface area contributed by atoms with E-state index in [0.717, 1.165) is 49.3 Å². The molecule has 0 atom stereocenters. The number of hydrogen-bond donors (Lipinski definition) is 2. The van der Waals surface area contributed by atoms with E-state index >= 15 is 0 Å². The number of carbonyl (C=O) groups excluding carboxylic acids is 2. The lowest BCUT2D eigenvalue weighted by Crippen LogP contribution is -2.32. The van der Waals surface area contributed by atoms with Crippen molar-refractivity contribution in [1.29, 1.82) is 0 Å². The molecule has 0 spiro atoms. The highest BCUT2D eigenvalue weighted by atomic mass is 79.9. The Morgan fingerprint density at radius 2 is 2.13 bits per heavy atom. The van der Waals surface area contributed by atoms with Gasteiger partial charge in [-0.25, -0.2) is 5.43 Å². The van der Waals surface area contributed by atoms with Crippen LogP contribution < -0.4 is 15.5 Å². The number of halogens is 1. The summed E-state index contributed by atoms with van der Waals surface area (Å²) in [6.45, 7) is 2.71. The van der Waals surface area contributed by atoms with E-state index in [1.807, 2.05) is 31.2 Å². The van der Waals surface area contributed by atoms with Gasteiger partial charge in [0.1, 0.15) is 10.1 Å². The molecule has 0 saturated heterocycles. The third kappa shape index (κ3) is 6.84. The van der Waals surface area contributed by atoms with Crippen LogP contribution in [0.1, 0.15) is 16.7 Å². The summed E-state index contributed by atoms with van der Waals surface area (Å²) in [5, 5.41) is 6.48. The first-order valence-corrected chi connectivity index (χ1v) is 12.1. The maximum Gasteiger partial charge on any atom is 0.329 e. The summed E-state index contributed by atoms with van der Waals surface area (Å²) >= 11 is 6.79. The Labute approximate surface area is 197 Å². The van der Waals surface area contributed by atoms with E-state index in [9.17, 15) is 9.59 Å². The van der Waals surface area contributed by atoms with Crippen molar-refractivity contribution in [2.45, 2.75) is 12.7 Å². The molecule has 31 heavy (non-hydrogen) atoms. The number of nitrogens with one attached hydrogen (secondary N) is 2. The van der Waals surface area contributed by atoms with E-state index in [2.05, 4.69) is 36.8 Å². The molecular weight excluding hydrogens is 500 g/mol. The molecule has 1 aliphatic heterocycles. The molecule has 2 N–H and O–H groups in total. The predicted molar refractivity (Wildman–Crippen MR) is 132 cm³/mol. The van der Waals surface area contributed by atoms with Crippen molar-refractivity contribution >= 4 is 67.5 Å². The molecule has 0 aromatic heterocycles. The van der Waals surface area contributed by atoms with Gasteiger partial charge >= 0.3 is 11.8 Å². The zero-order valence-corrected chi connectivity index (χ0v) is 20.2. The molecule has 0 radical (unpaired) electrons. The number of methoxy groups -OCH3 is 1. The lowest BCUT2D eigenvalue weighted by molar-refractivity contribution is -0.136. The second kappa shape index (κ2) is 11.4. The molecule has 2 aromatic carbocycles. The first kappa shape index (κ1) is 23.4. The number of benzene rings is 2. The number of amides is 2. The normalized spacial score (nSPS) is 13.2. The highest BCUT2D eigenvalue weighted by molar-refractivity contribution is 9.10. The number of hydrogen-bond acceptors (Lipinski definition) is 7. The molecule has 0 bridgehead atoms. The number of rotatable bonds is 6. The van der Waals surface area contributed by atoms with Crippen molar-refractivity contribution < 1.29 is 14.3 Å². The van der Waals surface area contributed by atoms with Gasteiger partial charge in [-0.3, -0.25) is 14.6 Å². The summed E-state index contributed by atoms with van der Waals surface area (Å²) in [7, 11) is 1.63. The summed E-state index contributed by atoms with van der Waals surface area (Å²) in [5.41, 5.74) is 5.44. The molecule has 2 amide bonds. The highest BCUT2D eigenvalue weighted by Gasteiger charge is 2.14. The predicted octanol–water partition coefficient (Wildman–Crippen LogP) is 4.19. The van der Waals surface area contributed by atoms with Gasteiger partial charge in [0.2, 0.25) is 0 Å². The van der Waals surface area contributed by atoms with E-state index in [1.54, 1.807) is 42.8 Å². The Kier molecular flexibility index (Phi) is 8.56. The number of aliphatic imine (C=N–C) groups is 1. The molecule has 7 nitrogen and oxygen atoms in total. The fourth-order valence-electron chi connectivity index (χ4n) is 2.70. The summed E-state index contributed by atoms with van der Waals surface area (Å²) < 4.78 is 7.41. The zero-order chi connectivity index (χ0) is 22.2. The standard InChI is InChI=1S/C21H21BrN4O3S2/c1-13-9-16(22)4-5-17(13)25-19(27)20(28)26-24-11-14-3-6-18(29-2)15(10-14)12-31-21-23-7-8-30-21/h3-6,9-11H,7-8,12H2,1-2H3,(H,25,27)(H,26,28)/b24-11+. The lowest BCUT2D eigenvalue weighted by Gasteiger charge is -2.09. The quantitative estimate of drug-likeness (QED) is 0.338. The van der Waals surface area contributed by atoms with Crippen molar-refractivity contribution in [3.63, 3.8) is 0 Å². The minimum atomic E-state index is -0.848. The number of anilines is 1. The van der Waals surface area contributed by atoms with Crippen LogP contribution in [0.2, 0.25) is 0 Å². The van der Waals surface area contributed by atoms with Gasteiger partial charge < -0.3 is 10.1 Å². The molecular formula is C21H21BrN4O3S2. The molecule has 162 valence electrons. The summed E-state index contributed by atoms with van der Waals surface area (Å²) in [6, 6.07) is 11.0. The van der Waals surface area contributed by atoms with E-state index in [1.165, 1.54) is 6.21 Å². The maximum absolute atomic E-state index is 12.1. The molecule has 1 heterocycles. The van der Waals surface area contributed by atoms with Crippen molar-refractivity contribution in [3.05, 3.63) is 57.6 Å². The third-order valence-electron chi connectivity index (χ3n) is 4.24. The van der Waals surface area contributed by atoms with E-state index in [4.69, 9.17) is 4.74 Å². The number of carbonyl (C=O) groups is 2.